The highest BCUT2D eigenvalue weighted by Gasteiger charge is 2.46. The highest BCUT2D eigenvalue weighted by atomic mass is 16.5. The van der Waals surface area contributed by atoms with Gasteiger partial charge in [0.05, 0.1) is 24.7 Å². The molecule has 2 aliphatic heterocycles. The molecule has 3 aromatic carbocycles. The largest absolute Gasteiger partial charge is 0.457 e. The predicted octanol–water partition coefficient (Wildman–Crippen LogP) is 5.02. The number of urea groups is 1. The second-order valence-corrected chi connectivity index (χ2v) is 10.8. The molecule has 8 heteroatoms. The molecule has 0 bridgehead atoms. The van der Waals surface area contributed by atoms with Gasteiger partial charge in [-0.25, -0.2) is 4.79 Å². The van der Waals surface area contributed by atoms with Gasteiger partial charge in [-0.05, 0) is 69.4 Å². The van der Waals surface area contributed by atoms with Gasteiger partial charge in [-0.3, -0.25) is 9.79 Å². The molecule has 8 nitrogen and oxygen atoms in total. The normalized spacial score (nSPS) is 16.4. The number of aliphatic imine (C=N–C) groups is 1. The molecule has 206 valence electrons. The lowest BCUT2D eigenvalue weighted by Gasteiger charge is -2.36. The summed E-state index contributed by atoms with van der Waals surface area (Å²) in [5.74, 6) is 1.51. The summed E-state index contributed by atoms with van der Waals surface area (Å²) in [6.45, 7) is 5.55. The maximum absolute atomic E-state index is 13.6. The minimum Gasteiger partial charge on any atom is -0.457 e. The molecule has 0 unspecified atom stereocenters. The van der Waals surface area contributed by atoms with Gasteiger partial charge in [0.1, 0.15) is 17.3 Å². The molecule has 0 spiro atoms. The van der Waals surface area contributed by atoms with E-state index in [-0.39, 0.29) is 18.0 Å². The lowest BCUT2D eigenvalue weighted by Crippen LogP contribution is -2.52. The fourth-order valence-electron chi connectivity index (χ4n) is 5.20. The number of nitrogens with zero attached hydrogens (tertiary/aromatic N) is 3. The first-order chi connectivity index (χ1) is 19.2. The van der Waals surface area contributed by atoms with Crippen molar-refractivity contribution in [3.8, 4) is 11.5 Å². The van der Waals surface area contributed by atoms with Crippen molar-refractivity contribution in [1.29, 1.82) is 0 Å². The Hall–Kier alpha value is -4.43. The molecule has 0 saturated carbocycles. The van der Waals surface area contributed by atoms with Gasteiger partial charge in [0.2, 0.25) is 0 Å². The Balaban J connectivity index is 1.27. The number of carbonyl (C=O) groups excluding carboxylic acids is 2. The number of amidine groups is 1. The van der Waals surface area contributed by atoms with Crippen LogP contribution in [0.2, 0.25) is 0 Å². The van der Waals surface area contributed by atoms with Crippen LogP contribution in [0.25, 0.3) is 0 Å². The first-order valence-electron chi connectivity index (χ1n) is 13.4. The fourth-order valence-corrected chi connectivity index (χ4v) is 5.20. The summed E-state index contributed by atoms with van der Waals surface area (Å²) in [5, 5.41) is 6.22. The van der Waals surface area contributed by atoms with Crippen LogP contribution in [0, 0.1) is 0 Å². The van der Waals surface area contributed by atoms with Crippen LogP contribution < -0.4 is 15.4 Å². The number of amides is 3. The Morgan fingerprint density at radius 3 is 2.35 bits per heavy atom. The van der Waals surface area contributed by atoms with Crippen LogP contribution in [0.3, 0.4) is 0 Å². The smallest absolute Gasteiger partial charge is 0.318 e. The zero-order valence-corrected chi connectivity index (χ0v) is 23.3. The van der Waals surface area contributed by atoms with E-state index in [0.717, 1.165) is 16.7 Å². The Labute approximate surface area is 235 Å². The molecule has 40 heavy (non-hydrogen) atoms. The van der Waals surface area contributed by atoms with E-state index >= 15 is 0 Å². The average molecular weight is 538 g/mol. The molecule has 3 aromatic rings. The second-order valence-electron chi connectivity index (χ2n) is 10.8. The first kappa shape index (κ1) is 27.1. The topological polar surface area (TPSA) is 86.3 Å². The molecule has 0 aliphatic carbocycles. The van der Waals surface area contributed by atoms with Crippen molar-refractivity contribution < 1.29 is 14.3 Å². The van der Waals surface area contributed by atoms with Gasteiger partial charge in [0.15, 0.2) is 0 Å². The monoisotopic (exact) mass is 537 g/mol. The van der Waals surface area contributed by atoms with Crippen molar-refractivity contribution in [3.63, 3.8) is 0 Å². The third kappa shape index (κ3) is 5.77. The van der Waals surface area contributed by atoms with Gasteiger partial charge in [-0.15, -0.1) is 0 Å². The Morgan fingerprint density at radius 2 is 1.65 bits per heavy atom. The van der Waals surface area contributed by atoms with E-state index in [0.29, 0.717) is 42.5 Å². The van der Waals surface area contributed by atoms with Gasteiger partial charge in [0.25, 0.3) is 5.91 Å². The van der Waals surface area contributed by atoms with E-state index in [2.05, 4.69) is 20.5 Å². The van der Waals surface area contributed by atoms with Gasteiger partial charge in [0, 0.05) is 17.7 Å². The van der Waals surface area contributed by atoms with E-state index in [1.54, 1.807) is 18.2 Å². The van der Waals surface area contributed by atoms with Crippen LogP contribution in [0.4, 0.5) is 4.79 Å². The number of likely N-dealkylation sites (N-methyl/N-ethyl adjacent to an activating group) is 1. The van der Waals surface area contributed by atoms with Crippen molar-refractivity contribution >= 4 is 17.8 Å². The molecule has 2 N–H and O–H groups in total. The summed E-state index contributed by atoms with van der Waals surface area (Å²) < 4.78 is 5.89. The lowest BCUT2D eigenvalue weighted by atomic mass is 9.94. The van der Waals surface area contributed by atoms with Crippen LogP contribution in [-0.4, -0.2) is 66.8 Å². The summed E-state index contributed by atoms with van der Waals surface area (Å²) in [6, 6.07) is 26.2. The lowest BCUT2D eigenvalue weighted by molar-refractivity contribution is 0.0976. The molecular formula is C32H35N5O3. The zero-order chi connectivity index (χ0) is 28.3. The Kier molecular flexibility index (Phi) is 7.71. The van der Waals surface area contributed by atoms with Crippen LogP contribution in [0.1, 0.15) is 35.8 Å². The van der Waals surface area contributed by atoms with Gasteiger partial charge in [-0.2, -0.15) is 0 Å². The zero-order valence-electron chi connectivity index (χ0n) is 23.3. The number of rotatable bonds is 7. The first-order valence-corrected chi connectivity index (χ1v) is 13.4. The molecule has 3 amide bonds. The van der Waals surface area contributed by atoms with E-state index in [4.69, 9.17) is 4.74 Å². The summed E-state index contributed by atoms with van der Waals surface area (Å²) in [5.41, 5.74) is 2.91. The maximum atomic E-state index is 13.6. The fraction of sp³-hybridized carbons (Fsp3) is 0.281. The number of hydrogen-bond donors (Lipinski definition) is 2. The van der Waals surface area contributed by atoms with Crippen LogP contribution in [0.5, 0.6) is 11.5 Å². The number of ether oxygens (including phenoxy) is 1. The summed E-state index contributed by atoms with van der Waals surface area (Å²) in [7, 11) is 3.99. The number of hydrogen-bond acceptors (Lipinski definition) is 5. The average Bonchev–Trinajstić information content (AvgIpc) is 3.46. The van der Waals surface area contributed by atoms with Crippen molar-refractivity contribution in [2.45, 2.75) is 25.4 Å². The minimum atomic E-state index is -0.543. The highest BCUT2D eigenvalue weighted by Crippen LogP contribution is 2.38. The minimum absolute atomic E-state index is 0.147. The van der Waals surface area contributed by atoms with Crippen molar-refractivity contribution in [3.05, 3.63) is 107 Å². The molecule has 0 radical (unpaired) electrons. The van der Waals surface area contributed by atoms with Gasteiger partial charge in [-0.1, -0.05) is 54.6 Å². The molecule has 2 heterocycles. The molecular weight excluding hydrogens is 502 g/mol. The van der Waals surface area contributed by atoms with E-state index in [1.165, 1.54) is 0 Å². The van der Waals surface area contributed by atoms with Crippen LogP contribution in [0.15, 0.2) is 101 Å². The third-order valence-electron chi connectivity index (χ3n) is 7.37. The number of carbonyl (C=O) groups is 2. The van der Waals surface area contributed by atoms with Gasteiger partial charge < -0.3 is 25.2 Å². The molecule has 1 atom stereocenters. The van der Waals surface area contributed by atoms with E-state index in [9.17, 15) is 9.59 Å². The molecule has 0 aromatic heterocycles. The quantitative estimate of drug-likeness (QED) is 0.443. The Bertz CT molecular complexity index is 1450. The molecule has 5 rings (SSSR count). The third-order valence-corrected chi connectivity index (χ3v) is 7.37. The van der Waals surface area contributed by atoms with Crippen molar-refractivity contribution in [2.75, 3.05) is 33.7 Å². The number of benzene rings is 3. The molecule has 0 saturated heterocycles. The van der Waals surface area contributed by atoms with E-state index < -0.39 is 5.54 Å². The second kappa shape index (κ2) is 11.4. The highest BCUT2D eigenvalue weighted by molar-refractivity contribution is 6.14. The maximum Gasteiger partial charge on any atom is 0.318 e. The summed E-state index contributed by atoms with van der Waals surface area (Å²) >= 11 is 0. The van der Waals surface area contributed by atoms with Gasteiger partial charge >= 0.3 is 6.03 Å². The summed E-state index contributed by atoms with van der Waals surface area (Å²) in [6.07, 6.45) is 0. The SMILES string of the molecule is CN(C)C[C@@H](NC(=O)N1CC2=C(CN=C2NC(=O)c2cccc(Oc3ccccc3)c2)C1(C)C)c1ccccc1. The van der Waals surface area contributed by atoms with Crippen LogP contribution in [-0.2, 0) is 0 Å². The van der Waals surface area contributed by atoms with E-state index in [1.807, 2.05) is 99.6 Å². The predicted molar refractivity (Wildman–Crippen MR) is 157 cm³/mol. The number of nitrogens with one attached hydrogen (secondary N) is 2. The number of para-hydroxylation sites is 1. The Morgan fingerprint density at radius 1 is 0.975 bits per heavy atom. The standard InChI is InChI=1S/C32H35N5O3/c1-32(2)27-19-33-29(35-30(38)23-14-11-17-25(18-23)40-24-15-9-6-10-16-24)26(27)20-37(32)31(39)34-28(21-36(3)4)22-12-7-5-8-13-22/h5-18,28H,19-21H2,1-4H3,(H,34,39)(H,33,35,38)/t28-/m1/s1. The summed E-state index contributed by atoms with van der Waals surface area (Å²) in [4.78, 5) is 35.4. The van der Waals surface area contributed by atoms with Crippen molar-refractivity contribution in [1.82, 2.24) is 20.4 Å². The van der Waals surface area contributed by atoms with Crippen molar-refractivity contribution in [2.24, 2.45) is 4.99 Å². The van der Waals surface area contributed by atoms with Crippen LogP contribution >= 0.6 is 0 Å². The molecule has 2 aliphatic rings. The molecule has 0 fully saturated rings.